The van der Waals surface area contributed by atoms with Crippen molar-refractivity contribution < 1.29 is 4.79 Å². The number of nitrogens with two attached hydrogens (primary N) is 1. The molecule has 3 N–H and O–H groups in total. The predicted octanol–water partition coefficient (Wildman–Crippen LogP) is 2.93. The van der Waals surface area contributed by atoms with Gasteiger partial charge in [0.15, 0.2) is 0 Å². The molecule has 2 rings (SSSR count). The standard InChI is InChI=1S/C16H24N2O/c1-10-7-11(2)15(12(3)8-10)18-16(19)14-6-4-5-13(14)9-17/h7-8,13-14H,4-6,9,17H2,1-3H3,(H,18,19). The van der Waals surface area contributed by atoms with Gasteiger partial charge >= 0.3 is 0 Å². The van der Waals surface area contributed by atoms with Crippen LogP contribution in [0.5, 0.6) is 0 Å². The van der Waals surface area contributed by atoms with Gasteiger partial charge in [-0.15, -0.1) is 0 Å². The van der Waals surface area contributed by atoms with Crippen LogP contribution in [-0.2, 0) is 4.79 Å². The van der Waals surface area contributed by atoms with Crippen LogP contribution in [-0.4, -0.2) is 12.5 Å². The molecule has 0 heterocycles. The van der Waals surface area contributed by atoms with Gasteiger partial charge in [-0.25, -0.2) is 0 Å². The Balaban J connectivity index is 2.15. The summed E-state index contributed by atoms with van der Waals surface area (Å²) in [4.78, 5) is 12.4. The quantitative estimate of drug-likeness (QED) is 0.878. The lowest BCUT2D eigenvalue weighted by molar-refractivity contribution is -0.120. The van der Waals surface area contributed by atoms with Crippen LogP contribution in [0.1, 0.15) is 36.0 Å². The molecule has 104 valence electrons. The van der Waals surface area contributed by atoms with E-state index in [1.165, 1.54) is 5.56 Å². The van der Waals surface area contributed by atoms with Crippen LogP contribution < -0.4 is 11.1 Å². The highest BCUT2D eigenvalue weighted by Gasteiger charge is 2.32. The molecule has 0 aromatic heterocycles. The average molecular weight is 260 g/mol. The first-order valence-electron chi connectivity index (χ1n) is 7.11. The van der Waals surface area contributed by atoms with Crippen molar-refractivity contribution in [3.05, 3.63) is 28.8 Å². The van der Waals surface area contributed by atoms with Crippen LogP contribution in [0, 0.1) is 32.6 Å². The normalized spacial score (nSPS) is 22.5. The van der Waals surface area contributed by atoms with Crippen molar-refractivity contribution in [3.63, 3.8) is 0 Å². The second kappa shape index (κ2) is 5.74. The van der Waals surface area contributed by atoms with Crippen molar-refractivity contribution >= 4 is 11.6 Å². The summed E-state index contributed by atoms with van der Waals surface area (Å²) in [6.45, 7) is 6.78. The first-order valence-corrected chi connectivity index (χ1v) is 7.11. The molecule has 0 saturated heterocycles. The minimum Gasteiger partial charge on any atom is -0.330 e. The molecule has 1 amide bonds. The zero-order chi connectivity index (χ0) is 14.0. The molecule has 1 saturated carbocycles. The first kappa shape index (κ1) is 14.1. The molecular weight excluding hydrogens is 236 g/mol. The minimum atomic E-state index is 0.0881. The first-order chi connectivity index (χ1) is 9.02. The number of benzene rings is 1. The van der Waals surface area contributed by atoms with E-state index >= 15 is 0 Å². The van der Waals surface area contributed by atoms with Gasteiger partial charge < -0.3 is 11.1 Å². The molecule has 3 nitrogen and oxygen atoms in total. The Kier molecular flexibility index (Phi) is 4.25. The molecule has 2 atom stereocenters. The van der Waals surface area contributed by atoms with E-state index in [2.05, 4.69) is 24.4 Å². The van der Waals surface area contributed by atoms with E-state index in [1.54, 1.807) is 0 Å². The van der Waals surface area contributed by atoms with Crippen LogP contribution >= 0.6 is 0 Å². The Morgan fingerprint density at radius 3 is 2.47 bits per heavy atom. The van der Waals surface area contributed by atoms with E-state index in [-0.39, 0.29) is 11.8 Å². The number of nitrogens with one attached hydrogen (secondary N) is 1. The lowest BCUT2D eigenvalue weighted by Gasteiger charge is -2.19. The van der Waals surface area contributed by atoms with Crippen molar-refractivity contribution in [1.82, 2.24) is 0 Å². The number of carbonyl (C=O) groups excluding carboxylic acids is 1. The highest BCUT2D eigenvalue weighted by atomic mass is 16.1. The summed E-state index contributed by atoms with van der Waals surface area (Å²) in [6, 6.07) is 4.22. The van der Waals surface area contributed by atoms with Gasteiger partial charge in [-0.05, 0) is 57.2 Å². The van der Waals surface area contributed by atoms with Crippen molar-refractivity contribution in [1.29, 1.82) is 0 Å². The van der Waals surface area contributed by atoms with Crippen molar-refractivity contribution in [2.75, 3.05) is 11.9 Å². The van der Waals surface area contributed by atoms with Gasteiger partial charge in [0.2, 0.25) is 5.91 Å². The lowest BCUT2D eigenvalue weighted by Crippen LogP contribution is -2.30. The Morgan fingerprint density at radius 1 is 1.26 bits per heavy atom. The van der Waals surface area contributed by atoms with Gasteiger partial charge in [-0.1, -0.05) is 24.1 Å². The molecule has 1 aromatic carbocycles. The molecule has 19 heavy (non-hydrogen) atoms. The average Bonchev–Trinajstić information content (AvgIpc) is 2.81. The fourth-order valence-electron chi connectivity index (χ4n) is 3.26. The third-order valence-electron chi connectivity index (χ3n) is 4.22. The van der Waals surface area contributed by atoms with Crippen LogP contribution in [0.3, 0.4) is 0 Å². The zero-order valence-corrected chi connectivity index (χ0v) is 12.1. The third kappa shape index (κ3) is 2.98. The second-order valence-corrected chi connectivity index (χ2v) is 5.80. The SMILES string of the molecule is Cc1cc(C)c(NC(=O)C2CCCC2CN)c(C)c1. The maximum absolute atomic E-state index is 12.4. The maximum Gasteiger partial charge on any atom is 0.227 e. The Bertz CT molecular complexity index is 459. The van der Waals surface area contributed by atoms with Crippen LogP contribution in [0.25, 0.3) is 0 Å². The summed E-state index contributed by atoms with van der Waals surface area (Å²) in [5.41, 5.74) is 10.2. The lowest BCUT2D eigenvalue weighted by atomic mass is 9.95. The zero-order valence-electron chi connectivity index (χ0n) is 12.1. The number of hydrogen-bond donors (Lipinski definition) is 2. The Morgan fingerprint density at radius 2 is 1.89 bits per heavy atom. The summed E-state index contributed by atoms with van der Waals surface area (Å²) >= 11 is 0. The third-order valence-corrected chi connectivity index (χ3v) is 4.22. The number of rotatable bonds is 3. The number of aryl methyl sites for hydroxylation is 3. The summed E-state index contributed by atoms with van der Waals surface area (Å²) in [7, 11) is 0. The predicted molar refractivity (Wildman–Crippen MR) is 79.2 cm³/mol. The van der Waals surface area contributed by atoms with Gasteiger partial charge in [0, 0.05) is 11.6 Å². The molecule has 0 radical (unpaired) electrons. The molecule has 1 aromatic rings. The smallest absolute Gasteiger partial charge is 0.227 e. The summed E-state index contributed by atoms with van der Waals surface area (Å²) < 4.78 is 0. The monoisotopic (exact) mass is 260 g/mol. The molecule has 0 bridgehead atoms. The van der Waals surface area contributed by atoms with E-state index in [0.29, 0.717) is 12.5 Å². The Labute approximate surface area is 115 Å². The molecule has 0 aliphatic heterocycles. The van der Waals surface area contributed by atoms with Gasteiger partial charge in [0.05, 0.1) is 0 Å². The van der Waals surface area contributed by atoms with Crippen molar-refractivity contribution in [3.8, 4) is 0 Å². The number of hydrogen-bond acceptors (Lipinski definition) is 2. The molecule has 1 aliphatic rings. The summed E-state index contributed by atoms with van der Waals surface area (Å²) in [6.07, 6.45) is 3.17. The largest absolute Gasteiger partial charge is 0.330 e. The summed E-state index contributed by atoms with van der Waals surface area (Å²) in [5.74, 6) is 0.583. The van der Waals surface area contributed by atoms with Crippen LogP contribution in [0.4, 0.5) is 5.69 Å². The fourth-order valence-corrected chi connectivity index (χ4v) is 3.26. The van der Waals surface area contributed by atoms with E-state index in [4.69, 9.17) is 5.73 Å². The molecular formula is C16H24N2O. The van der Waals surface area contributed by atoms with E-state index in [9.17, 15) is 4.79 Å². The summed E-state index contributed by atoms with van der Waals surface area (Å²) in [5, 5.41) is 3.12. The highest BCUT2D eigenvalue weighted by Crippen LogP contribution is 2.32. The van der Waals surface area contributed by atoms with E-state index in [0.717, 1.165) is 36.1 Å². The fraction of sp³-hybridized carbons (Fsp3) is 0.562. The van der Waals surface area contributed by atoms with Crippen LogP contribution in [0.15, 0.2) is 12.1 Å². The van der Waals surface area contributed by atoms with Crippen molar-refractivity contribution in [2.24, 2.45) is 17.6 Å². The Hall–Kier alpha value is -1.35. The topological polar surface area (TPSA) is 55.1 Å². The highest BCUT2D eigenvalue weighted by molar-refractivity contribution is 5.94. The van der Waals surface area contributed by atoms with Crippen LogP contribution in [0.2, 0.25) is 0 Å². The number of amides is 1. The van der Waals surface area contributed by atoms with Crippen molar-refractivity contribution in [2.45, 2.75) is 40.0 Å². The van der Waals surface area contributed by atoms with Gasteiger partial charge in [0.25, 0.3) is 0 Å². The second-order valence-electron chi connectivity index (χ2n) is 5.80. The molecule has 2 unspecified atom stereocenters. The molecule has 3 heteroatoms. The van der Waals surface area contributed by atoms with Gasteiger partial charge in [0.1, 0.15) is 0 Å². The minimum absolute atomic E-state index is 0.0881. The van der Waals surface area contributed by atoms with E-state index < -0.39 is 0 Å². The maximum atomic E-state index is 12.4. The molecule has 0 spiro atoms. The molecule has 1 fully saturated rings. The van der Waals surface area contributed by atoms with Gasteiger partial charge in [-0.2, -0.15) is 0 Å². The molecule has 1 aliphatic carbocycles. The number of carbonyl (C=O) groups is 1. The van der Waals surface area contributed by atoms with Gasteiger partial charge in [-0.3, -0.25) is 4.79 Å². The number of anilines is 1. The van der Waals surface area contributed by atoms with E-state index in [1.807, 2.05) is 13.8 Å².